The first-order chi connectivity index (χ1) is 14.7. The second-order valence-corrected chi connectivity index (χ2v) is 13.2. The minimum atomic E-state index is -0.444. The van der Waals surface area contributed by atoms with Gasteiger partial charge in [-0.2, -0.15) is 0 Å². The van der Waals surface area contributed by atoms with E-state index in [1.807, 2.05) is 0 Å². The Balaban J connectivity index is 1.30. The molecular formula is C29H48O2. The van der Waals surface area contributed by atoms with Crippen LogP contribution in [0.4, 0.5) is 0 Å². The van der Waals surface area contributed by atoms with Crippen LogP contribution >= 0.6 is 0 Å². The van der Waals surface area contributed by atoms with E-state index in [2.05, 4.69) is 33.8 Å². The number of rotatable bonds is 6. The molecule has 4 saturated carbocycles. The molecular weight excluding hydrogens is 380 g/mol. The van der Waals surface area contributed by atoms with Crippen molar-refractivity contribution in [2.75, 3.05) is 0 Å². The summed E-state index contributed by atoms with van der Waals surface area (Å²) in [5.41, 5.74) is 2.00. The fourth-order valence-corrected chi connectivity index (χ4v) is 9.34. The number of fused-ring (bicyclic) bond motifs is 5. The van der Waals surface area contributed by atoms with Crippen molar-refractivity contribution in [2.45, 2.75) is 123 Å². The third kappa shape index (κ3) is 3.67. The summed E-state index contributed by atoms with van der Waals surface area (Å²) < 4.78 is 0. The van der Waals surface area contributed by atoms with E-state index < -0.39 is 5.60 Å². The van der Waals surface area contributed by atoms with Gasteiger partial charge in [-0.15, -0.1) is 0 Å². The van der Waals surface area contributed by atoms with Crippen molar-refractivity contribution in [1.29, 1.82) is 0 Å². The largest absolute Gasteiger partial charge is 0.393 e. The third-order valence-electron chi connectivity index (χ3n) is 11.8. The zero-order valence-electron chi connectivity index (χ0n) is 20.7. The molecule has 0 radical (unpaired) electrons. The minimum absolute atomic E-state index is 0.0295. The van der Waals surface area contributed by atoms with Gasteiger partial charge < -0.3 is 10.2 Å². The second-order valence-electron chi connectivity index (χ2n) is 13.2. The summed E-state index contributed by atoms with van der Waals surface area (Å²) in [7, 11) is 0. The molecule has 0 bridgehead atoms. The Labute approximate surface area is 191 Å². The average molecular weight is 429 g/mol. The molecule has 5 rings (SSSR count). The Morgan fingerprint density at radius 1 is 1.00 bits per heavy atom. The lowest BCUT2D eigenvalue weighted by atomic mass is 9.46. The summed E-state index contributed by atoms with van der Waals surface area (Å²) in [6.45, 7) is 9.86. The van der Waals surface area contributed by atoms with Crippen molar-refractivity contribution in [2.24, 2.45) is 46.3 Å². The van der Waals surface area contributed by atoms with E-state index in [1.165, 1.54) is 57.8 Å². The number of hydrogen-bond acceptors (Lipinski definition) is 2. The number of aliphatic hydroxyl groups is 2. The van der Waals surface area contributed by atoms with Crippen molar-refractivity contribution >= 4 is 0 Å². The number of aliphatic hydroxyl groups excluding tert-OH is 1. The molecule has 0 heterocycles. The Morgan fingerprint density at radius 2 is 1.77 bits per heavy atom. The molecule has 0 aromatic heterocycles. The van der Waals surface area contributed by atoms with Gasteiger partial charge >= 0.3 is 0 Å². The number of hydrogen-bond donors (Lipinski definition) is 2. The molecule has 0 saturated heterocycles. The first-order valence-electron chi connectivity index (χ1n) is 13.8. The van der Waals surface area contributed by atoms with Gasteiger partial charge in [0.1, 0.15) is 0 Å². The fraction of sp³-hybridized carbons (Fsp3) is 0.931. The van der Waals surface area contributed by atoms with Crippen LogP contribution in [-0.2, 0) is 0 Å². The molecule has 0 amide bonds. The van der Waals surface area contributed by atoms with E-state index in [0.717, 1.165) is 55.3 Å². The van der Waals surface area contributed by atoms with Gasteiger partial charge in [-0.3, -0.25) is 0 Å². The minimum Gasteiger partial charge on any atom is -0.393 e. The number of allylic oxidation sites excluding steroid dienone is 1. The molecule has 5 aliphatic carbocycles. The van der Waals surface area contributed by atoms with Gasteiger partial charge in [0.05, 0.1) is 11.7 Å². The molecule has 2 N–H and O–H groups in total. The average Bonchev–Trinajstić information content (AvgIpc) is 3.54. The molecule has 4 fully saturated rings. The van der Waals surface area contributed by atoms with Gasteiger partial charge in [0.25, 0.3) is 0 Å². The van der Waals surface area contributed by atoms with Crippen LogP contribution < -0.4 is 0 Å². The monoisotopic (exact) mass is 428 g/mol. The highest BCUT2D eigenvalue weighted by atomic mass is 16.3. The molecule has 2 heteroatoms. The van der Waals surface area contributed by atoms with E-state index in [4.69, 9.17) is 0 Å². The summed E-state index contributed by atoms with van der Waals surface area (Å²) in [6, 6.07) is 0. The predicted molar refractivity (Wildman–Crippen MR) is 128 cm³/mol. The van der Waals surface area contributed by atoms with Gasteiger partial charge in [-0.1, -0.05) is 39.3 Å². The maximum atomic E-state index is 11.0. The van der Waals surface area contributed by atoms with Crippen molar-refractivity contribution in [3.8, 4) is 0 Å². The van der Waals surface area contributed by atoms with Crippen LogP contribution in [0.2, 0.25) is 0 Å². The fourth-order valence-electron chi connectivity index (χ4n) is 9.34. The first-order valence-corrected chi connectivity index (χ1v) is 13.8. The summed E-state index contributed by atoms with van der Waals surface area (Å²) in [4.78, 5) is 0. The zero-order chi connectivity index (χ0) is 22.0. The molecule has 31 heavy (non-hydrogen) atoms. The van der Waals surface area contributed by atoms with Gasteiger partial charge in [-0.05, 0) is 130 Å². The maximum absolute atomic E-state index is 11.0. The van der Waals surface area contributed by atoms with E-state index in [9.17, 15) is 10.2 Å². The highest BCUT2D eigenvalue weighted by molar-refractivity contribution is 5.27. The Kier molecular flexibility index (Phi) is 5.70. The van der Waals surface area contributed by atoms with Gasteiger partial charge in [0, 0.05) is 0 Å². The topological polar surface area (TPSA) is 40.5 Å². The molecule has 5 aliphatic rings. The van der Waals surface area contributed by atoms with Crippen LogP contribution in [0.25, 0.3) is 0 Å². The Bertz CT molecular complexity index is 710. The lowest BCUT2D eigenvalue weighted by Crippen LogP contribution is -2.52. The van der Waals surface area contributed by atoms with Crippen molar-refractivity contribution in [3.63, 3.8) is 0 Å². The molecule has 0 spiro atoms. The molecule has 0 aliphatic heterocycles. The lowest BCUT2D eigenvalue weighted by molar-refractivity contribution is -0.0758. The summed E-state index contributed by atoms with van der Waals surface area (Å²) in [5, 5.41) is 21.4. The van der Waals surface area contributed by atoms with Crippen LogP contribution in [0.15, 0.2) is 11.6 Å². The lowest BCUT2D eigenvalue weighted by Gasteiger charge is -2.59. The summed E-state index contributed by atoms with van der Waals surface area (Å²) >= 11 is 0. The van der Waals surface area contributed by atoms with E-state index in [-0.39, 0.29) is 6.10 Å². The summed E-state index contributed by atoms with van der Waals surface area (Å²) in [6.07, 6.45) is 18.2. The quantitative estimate of drug-likeness (QED) is 0.452. The molecule has 176 valence electrons. The van der Waals surface area contributed by atoms with Crippen molar-refractivity contribution in [3.05, 3.63) is 11.6 Å². The Hall–Kier alpha value is -0.340. The SMILES string of the molecule is CC[C@]1(O)CC[C@@]2(C)C(=CC[C@H]3[C@@H]4CC[C@H]([C@H](C)CC[C@H](O)C5CC5)[C@@]4(C)CC[C@@H]32)C1. The third-order valence-corrected chi connectivity index (χ3v) is 11.8. The highest BCUT2D eigenvalue weighted by Crippen LogP contribution is 2.67. The predicted octanol–water partition coefficient (Wildman–Crippen LogP) is 6.89. The van der Waals surface area contributed by atoms with Crippen LogP contribution in [-0.4, -0.2) is 21.9 Å². The molecule has 2 nitrogen and oxygen atoms in total. The van der Waals surface area contributed by atoms with E-state index >= 15 is 0 Å². The zero-order valence-corrected chi connectivity index (χ0v) is 20.7. The van der Waals surface area contributed by atoms with Crippen molar-refractivity contribution in [1.82, 2.24) is 0 Å². The van der Waals surface area contributed by atoms with Crippen molar-refractivity contribution < 1.29 is 10.2 Å². The van der Waals surface area contributed by atoms with Gasteiger partial charge in [0.2, 0.25) is 0 Å². The highest BCUT2D eigenvalue weighted by Gasteiger charge is 2.59. The van der Waals surface area contributed by atoms with E-state index in [1.54, 1.807) is 5.57 Å². The normalized spacial score (nSPS) is 48.9. The first kappa shape index (κ1) is 22.5. The van der Waals surface area contributed by atoms with E-state index in [0.29, 0.717) is 16.7 Å². The second kappa shape index (κ2) is 7.86. The van der Waals surface area contributed by atoms with Crippen LogP contribution in [0.5, 0.6) is 0 Å². The molecule has 9 atom stereocenters. The molecule has 0 aromatic rings. The Morgan fingerprint density at radius 3 is 2.48 bits per heavy atom. The van der Waals surface area contributed by atoms with Crippen LogP contribution in [0, 0.1) is 46.3 Å². The van der Waals surface area contributed by atoms with Crippen LogP contribution in [0.1, 0.15) is 111 Å². The molecule has 0 aromatic carbocycles. The van der Waals surface area contributed by atoms with Gasteiger partial charge in [0.15, 0.2) is 0 Å². The van der Waals surface area contributed by atoms with Crippen LogP contribution in [0.3, 0.4) is 0 Å². The maximum Gasteiger partial charge on any atom is 0.0682 e. The molecule has 0 unspecified atom stereocenters. The standard InChI is InChI=1S/C29H48O2/c1-5-29(31)17-16-27(3)21(18-29)9-10-22-24-12-11-23(28(24,4)15-14-25(22)27)19(2)6-13-26(30)20-7-8-20/h9,19-20,22-26,30-31H,5-8,10-18H2,1-4H3/t19-,22+,23-,24+,25+,26+,27+,28-,29+/m1/s1. The smallest absolute Gasteiger partial charge is 0.0682 e. The summed E-state index contributed by atoms with van der Waals surface area (Å²) in [5.74, 6) is 4.79. The van der Waals surface area contributed by atoms with Gasteiger partial charge in [-0.25, -0.2) is 0 Å².